The molecule has 1 aliphatic rings. The number of fused-ring (bicyclic) bond motifs is 1. The molecular weight excluding hydrogens is 446 g/mol. The number of nitrogens with zero attached hydrogens (tertiary/aromatic N) is 3. The minimum atomic E-state index is -0.226. The summed E-state index contributed by atoms with van der Waals surface area (Å²) in [4.78, 5) is 32.2. The average Bonchev–Trinajstić information content (AvgIpc) is 3.13. The van der Waals surface area contributed by atoms with Gasteiger partial charge in [-0.15, -0.1) is 11.8 Å². The van der Waals surface area contributed by atoms with E-state index >= 15 is 0 Å². The third-order valence-corrected chi connectivity index (χ3v) is 7.52. The van der Waals surface area contributed by atoms with Crippen LogP contribution in [0.4, 0.5) is 0 Å². The number of hydrogen-bond acceptors (Lipinski definition) is 6. The molecular formula is C23H33N3O4S2. The molecule has 2 amide bonds. The lowest BCUT2D eigenvalue weighted by atomic mass is 10.0. The third kappa shape index (κ3) is 6.36. The second kappa shape index (κ2) is 12.4. The number of thiazole rings is 1. The Kier molecular flexibility index (Phi) is 9.62. The molecule has 1 unspecified atom stereocenters. The van der Waals surface area contributed by atoms with Crippen LogP contribution in [0, 0.1) is 0 Å². The highest BCUT2D eigenvalue weighted by Crippen LogP contribution is 2.24. The third-order valence-electron chi connectivity index (χ3n) is 5.57. The van der Waals surface area contributed by atoms with Crippen molar-refractivity contribution in [1.29, 1.82) is 0 Å². The fourth-order valence-corrected chi connectivity index (χ4v) is 5.78. The first kappa shape index (κ1) is 24.8. The van der Waals surface area contributed by atoms with E-state index in [4.69, 9.17) is 9.47 Å². The van der Waals surface area contributed by atoms with E-state index in [2.05, 4.69) is 11.9 Å². The first-order valence-electron chi connectivity index (χ1n) is 11.3. The van der Waals surface area contributed by atoms with Crippen molar-refractivity contribution < 1.29 is 19.1 Å². The summed E-state index contributed by atoms with van der Waals surface area (Å²) in [5.74, 6) is 1.23. The summed E-state index contributed by atoms with van der Waals surface area (Å²) in [5, 5.41) is 0. The van der Waals surface area contributed by atoms with Gasteiger partial charge in [-0.05, 0) is 50.8 Å². The number of carbonyl (C=O) groups excluding carboxylic acids is 2. The van der Waals surface area contributed by atoms with Crippen LogP contribution in [0.25, 0.3) is 10.2 Å². The quantitative estimate of drug-likeness (QED) is 0.520. The molecule has 0 saturated carbocycles. The van der Waals surface area contributed by atoms with Gasteiger partial charge in [-0.2, -0.15) is 4.99 Å². The van der Waals surface area contributed by atoms with Crippen LogP contribution in [0.2, 0.25) is 0 Å². The molecule has 7 nitrogen and oxygen atoms in total. The molecule has 32 heavy (non-hydrogen) atoms. The van der Waals surface area contributed by atoms with Crippen molar-refractivity contribution in [3.63, 3.8) is 0 Å². The molecule has 2 aromatic rings. The Labute approximate surface area is 197 Å². The lowest BCUT2D eigenvalue weighted by molar-refractivity contribution is -0.132. The van der Waals surface area contributed by atoms with Crippen LogP contribution < -0.4 is 9.54 Å². The minimum Gasteiger partial charge on any atom is -0.494 e. The normalized spacial score (nSPS) is 17.2. The smallest absolute Gasteiger partial charge is 0.258 e. The number of ether oxygens (including phenoxy) is 2. The molecule has 1 aromatic heterocycles. The van der Waals surface area contributed by atoms with Crippen LogP contribution in [-0.4, -0.2) is 65.7 Å². The molecule has 2 heterocycles. The van der Waals surface area contributed by atoms with Crippen molar-refractivity contribution >= 4 is 45.1 Å². The Bertz CT molecular complexity index is 985. The van der Waals surface area contributed by atoms with E-state index in [0.717, 1.165) is 41.8 Å². The highest BCUT2D eigenvalue weighted by Gasteiger charge is 2.25. The van der Waals surface area contributed by atoms with E-state index in [1.165, 1.54) is 29.5 Å². The summed E-state index contributed by atoms with van der Waals surface area (Å²) >= 11 is 2.81. The fraction of sp³-hybridized carbons (Fsp3) is 0.609. The molecule has 0 bridgehead atoms. The molecule has 1 atom stereocenters. The maximum Gasteiger partial charge on any atom is 0.258 e. The fourth-order valence-electron chi connectivity index (χ4n) is 3.99. The Hall–Kier alpha value is -1.84. The number of methoxy groups -OCH3 is 1. The monoisotopic (exact) mass is 479 g/mol. The number of piperidine rings is 1. The van der Waals surface area contributed by atoms with Crippen molar-refractivity contribution in [3.8, 4) is 5.75 Å². The summed E-state index contributed by atoms with van der Waals surface area (Å²) in [6.45, 7) is 6.65. The molecule has 9 heteroatoms. The van der Waals surface area contributed by atoms with Gasteiger partial charge in [-0.3, -0.25) is 9.59 Å². The predicted octanol–water partition coefficient (Wildman–Crippen LogP) is 3.70. The number of carbonyl (C=O) groups is 2. The van der Waals surface area contributed by atoms with E-state index in [1.54, 1.807) is 7.11 Å². The van der Waals surface area contributed by atoms with Gasteiger partial charge in [0.2, 0.25) is 5.91 Å². The van der Waals surface area contributed by atoms with Gasteiger partial charge in [-0.25, -0.2) is 0 Å². The Balaban J connectivity index is 1.68. The van der Waals surface area contributed by atoms with Gasteiger partial charge in [0.25, 0.3) is 5.91 Å². The molecule has 1 aromatic carbocycles. The summed E-state index contributed by atoms with van der Waals surface area (Å²) in [6, 6.07) is 6.25. The Morgan fingerprint density at radius 3 is 2.84 bits per heavy atom. The Morgan fingerprint density at radius 2 is 2.09 bits per heavy atom. The summed E-state index contributed by atoms with van der Waals surface area (Å²) in [7, 11) is 1.66. The number of amides is 2. The summed E-state index contributed by atoms with van der Waals surface area (Å²) in [6.07, 6.45) is 4.33. The van der Waals surface area contributed by atoms with Gasteiger partial charge >= 0.3 is 0 Å². The summed E-state index contributed by atoms with van der Waals surface area (Å²) in [5.41, 5.74) is 1.00. The number of likely N-dealkylation sites (tertiary alicyclic amines) is 1. The maximum atomic E-state index is 12.6. The molecule has 1 fully saturated rings. The van der Waals surface area contributed by atoms with Gasteiger partial charge in [0.15, 0.2) is 4.80 Å². The van der Waals surface area contributed by atoms with E-state index in [0.29, 0.717) is 36.4 Å². The summed E-state index contributed by atoms with van der Waals surface area (Å²) < 4.78 is 13.9. The minimum absolute atomic E-state index is 0.134. The number of hydrogen-bond donors (Lipinski definition) is 0. The average molecular weight is 480 g/mol. The number of rotatable bonds is 10. The van der Waals surface area contributed by atoms with Gasteiger partial charge in [-0.1, -0.05) is 18.3 Å². The van der Waals surface area contributed by atoms with Crippen LogP contribution in [0.15, 0.2) is 23.2 Å². The first-order valence-corrected chi connectivity index (χ1v) is 13.2. The predicted molar refractivity (Wildman–Crippen MR) is 130 cm³/mol. The van der Waals surface area contributed by atoms with Crippen molar-refractivity contribution in [2.45, 2.75) is 52.1 Å². The standard InChI is InChI=1S/C23H33N3O4S2/c1-4-17-8-6-7-11-25(17)22(28)16-31-15-21(27)24-23-26(12-13-29-3)19-10-9-18(30-5-2)14-20(19)32-23/h9-10,14,17H,4-8,11-13,15-16H2,1-3H3. The second-order valence-electron chi connectivity index (χ2n) is 7.73. The zero-order chi connectivity index (χ0) is 22.9. The number of thioether (sulfide) groups is 1. The number of benzene rings is 1. The highest BCUT2D eigenvalue weighted by molar-refractivity contribution is 8.00. The highest BCUT2D eigenvalue weighted by atomic mass is 32.2. The SMILES string of the molecule is CCOc1ccc2c(c1)sc(=NC(=O)CSCC(=O)N1CCCCC1CC)n2CCOC. The topological polar surface area (TPSA) is 73.1 Å². The molecule has 0 spiro atoms. The van der Waals surface area contributed by atoms with Crippen molar-refractivity contribution in [3.05, 3.63) is 23.0 Å². The second-order valence-corrected chi connectivity index (χ2v) is 9.73. The van der Waals surface area contributed by atoms with E-state index in [1.807, 2.05) is 34.6 Å². The van der Waals surface area contributed by atoms with Gasteiger partial charge in [0, 0.05) is 26.2 Å². The van der Waals surface area contributed by atoms with Crippen LogP contribution in [-0.2, 0) is 20.9 Å². The van der Waals surface area contributed by atoms with Crippen molar-refractivity contribution in [1.82, 2.24) is 9.47 Å². The van der Waals surface area contributed by atoms with E-state index in [9.17, 15) is 9.59 Å². The molecule has 1 saturated heterocycles. The van der Waals surface area contributed by atoms with Crippen LogP contribution in [0.1, 0.15) is 39.5 Å². The molecule has 1 aliphatic heterocycles. The lowest BCUT2D eigenvalue weighted by Crippen LogP contribution is -2.44. The zero-order valence-electron chi connectivity index (χ0n) is 19.2. The molecule has 176 valence electrons. The van der Waals surface area contributed by atoms with Crippen LogP contribution in [0.5, 0.6) is 5.75 Å². The zero-order valence-corrected chi connectivity index (χ0v) is 20.8. The molecule has 0 aliphatic carbocycles. The largest absolute Gasteiger partial charge is 0.494 e. The van der Waals surface area contributed by atoms with E-state index < -0.39 is 0 Å². The molecule has 0 radical (unpaired) electrons. The van der Waals surface area contributed by atoms with Crippen molar-refractivity contribution in [2.75, 3.05) is 38.4 Å². The lowest BCUT2D eigenvalue weighted by Gasteiger charge is -2.35. The molecule has 3 rings (SSSR count). The number of aromatic nitrogens is 1. The van der Waals surface area contributed by atoms with Crippen LogP contribution in [0.3, 0.4) is 0 Å². The van der Waals surface area contributed by atoms with Gasteiger partial charge in [0.1, 0.15) is 5.75 Å². The van der Waals surface area contributed by atoms with Crippen LogP contribution >= 0.6 is 23.1 Å². The maximum absolute atomic E-state index is 12.6. The van der Waals surface area contributed by atoms with Gasteiger partial charge < -0.3 is 18.9 Å². The molecule has 0 N–H and O–H groups in total. The first-order chi connectivity index (χ1) is 15.6. The van der Waals surface area contributed by atoms with Gasteiger partial charge in [0.05, 0.1) is 34.9 Å². The van der Waals surface area contributed by atoms with Crippen molar-refractivity contribution in [2.24, 2.45) is 4.99 Å². The van der Waals surface area contributed by atoms with E-state index in [-0.39, 0.29) is 17.6 Å². The Morgan fingerprint density at radius 1 is 1.25 bits per heavy atom.